The molecule has 1 atom stereocenters. The van der Waals surface area contributed by atoms with Gasteiger partial charge in [0.15, 0.2) is 5.65 Å². The second-order valence-electron chi connectivity index (χ2n) is 6.16. The Morgan fingerprint density at radius 3 is 2.52 bits per heavy atom. The number of anilines is 1. The SMILES string of the molecule is CC(C)c1ccc([C@H](Nc2ccc3nnnn3n2)c2cccs2)cc1. The summed E-state index contributed by atoms with van der Waals surface area (Å²) in [5, 5.41) is 21.4. The quantitative estimate of drug-likeness (QED) is 0.591. The summed E-state index contributed by atoms with van der Waals surface area (Å²) in [5.74, 6) is 1.25. The van der Waals surface area contributed by atoms with Gasteiger partial charge in [0.05, 0.1) is 6.04 Å². The topological polar surface area (TPSA) is 68.0 Å². The normalized spacial score (nSPS) is 12.6. The van der Waals surface area contributed by atoms with Gasteiger partial charge >= 0.3 is 0 Å². The first kappa shape index (κ1) is 15.7. The van der Waals surface area contributed by atoms with Gasteiger partial charge in [-0.15, -0.1) is 26.2 Å². The van der Waals surface area contributed by atoms with Crippen LogP contribution >= 0.6 is 11.3 Å². The maximum Gasteiger partial charge on any atom is 0.200 e. The van der Waals surface area contributed by atoms with Crippen LogP contribution in [0.1, 0.15) is 41.8 Å². The van der Waals surface area contributed by atoms with E-state index in [-0.39, 0.29) is 6.04 Å². The largest absolute Gasteiger partial charge is 0.357 e. The van der Waals surface area contributed by atoms with E-state index in [0.29, 0.717) is 11.6 Å². The Balaban J connectivity index is 1.68. The Bertz CT molecular complexity index is 959. The number of hydrogen-bond acceptors (Lipinski definition) is 6. The molecule has 1 N–H and O–H groups in total. The molecular formula is C18H18N6S. The van der Waals surface area contributed by atoms with Gasteiger partial charge in [-0.25, -0.2) is 0 Å². The van der Waals surface area contributed by atoms with Crippen LogP contribution in [0.3, 0.4) is 0 Å². The number of aromatic nitrogens is 5. The van der Waals surface area contributed by atoms with Crippen LogP contribution in [-0.4, -0.2) is 25.3 Å². The summed E-state index contributed by atoms with van der Waals surface area (Å²) in [7, 11) is 0. The summed E-state index contributed by atoms with van der Waals surface area (Å²) < 4.78 is 1.43. The van der Waals surface area contributed by atoms with E-state index in [4.69, 9.17) is 0 Å². The van der Waals surface area contributed by atoms with Crippen molar-refractivity contribution in [3.8, 4) is 0 Å². The highest BCUT2D eigenvalue weighted by atomic mass is 32.1. The van der Waals surface area contributed by atoms with Gasteiger partial charge in [0.2, 0.25) is 0 Å². The molecule has 7 heteroatoms. The molecule has 4 rings (SSSR count). The molecule has 0 saturated carbocycles. The highest BCUT2D eigenvalue weighted by Crippen LogP contribution is 2.30. The third-order valence-electron chi connectivity index (χ3n) is 4.13. The van der Waals surface area contributed by atoms with E-state index >= 15 is 0 Å². The van der Waals surface area contributed by atoms with Gasteiger partial charge in [-0.2, -0.15) is 0 Å². The zero-order valence-corrected chi connectivity index (χ0v) is 14.8. The molecule has 0 aliphatic carbocycles. The molecule has 0 amide bonds. The van der Waals surface area contributed by atoms with Crippen molar-refractivity contribution in [1.29, 1.82) is 0 Å². The van der Waals surface area contributed by atoms with Crippen molar-refractivity contribution in [3.05, 3.63) is 69.9 Å². The van der Waals surface area contributed by atoms with Gasteiger partial charge in [0, 0.05) is 4.88 Å². The minimum atomic E-state index is 0.0302. The van der Waals surface area contributed by atoms with Gasteiger partial charge in [-0.1, -0.05) is 44.2 Å². The Kier molecular flexibility index (Phi) is 4.15. The molecule has 0 unspecified atom stereocenters. The Hall–Kier alpha value is -2.80. The molecule has 126 valence electrons. The standard InChI is InChI=1S/C18H18N6S/c1-12(2)13-5-7-14(8-6-13)18(15-4-3-11-25-15)19-16-9-10-17-20-22-23-24(17)21-16/h3-12,18H,1-2H3,(H,19,21)/t18-/m0/s1. The van der Waals surface area contributed by atoms with Crippen LogP contribution in [0.15, 0.2) is 53.9 Å². The van der Waals surface area contributed by atoms with Gasteiger partial charge in [0.25, 0.3) is 0 Å². The minimum Gasteiger partial charge on any atom is -0.357 e. The van der Waals surface area contributed by atoms with E-state index in [0.717, 1.165) is 5.82 Å². The zero-order chi connectivity index (χ0) is 17.2. The van der Waals surface area contributed by atoms with Crippen LogP contribution < -0.4 is 5.32 Å². The average molecular weight is 350 g/mol. The van der Waals surface area contributed by atoms with Crippen molar-refractivity contribution in [2.24, 2.45) is 0 Å². The van der Waals surface area contributed by atoms with Gasteiger partial charge < -0.3 is 5.32 Å². The van der Waals surface area contributed by atoms with Gasteiger partial charge in [0.1, 0.15) is 5.82 Å². The second-order valence-corrected chi connectivity index (χ2v) is 7.14. The lowest BCUT2D eigenvalue weighted by molar-refractivity contribution is 0.731. The van der Waals surface area contributed by atoms with E-state index in [1.165, 1.54) is 20.6 Å². The molecule has 3 heterocycles. The monoisotopic (exact) mass is 350 g/mol. The number of benzene rings is 1. The molecule has 0 radical (unpaired) electrons. The smallest absolute Gasteiger partial charge is 0.200 e. The lowest BCUT2D eigenvalue weighted by Gasteiger charge is -2.19. The van der Waals surface area contributed by atoms with Crippen LogP contribution in [0.2, 0.25) is 0 Å². The van der Waals surface area contributed by atoms with E-state index in [2.05, 4.69) is 81.6 Å². The highest BCUT2D eigenvalue weighted by Gasteiger charge is 2.16. The number of nitrogens with zero attached hydrogens (tertiary/aromatic N) is 5. The van der Waals surface area contributed by atoms with Crippen molar-refractivity contribution in [2.45, 2.75) is 25.8 Å². The van der Waals surface area contributed by atoms with Crippen molar-refractivity contribution in [2.75, 3.05) is 5.32 Å². The summed E-state index contributed by atoms with van der Waals surface area (Å²) >= 11 is 1.72. The lowest BCUT2D eigenvalue weighted by Crippen LogP contribution is -2.13. The van der Waals surface area contributed by atoms with E-state index in [1.54, 1.807) is 11.3 Å². The van der Waals surface area contributed by atoms with E-state index < -0.39 is 0 Å². The van der Waals surface area contributed by atoms with Gasteiger partial charge in [-0.3, -0.25) is 0 Å². The molecule has 0 aliphatic rings. The minimum absolute atomic E-state index is 0.0302. The predicted molar refractivity (Wildman–Crippen MR) is 98.9 cm³/mol. The molecule has 3 aromatic heterocycles. The molecule has 6 nitrogen and oxygen atoms in total. The van der Waals surface area contributed by atoms with Crippen molar-refractivity contribution < 1.29 is 0 Å². The third-order valence-corrected chi connectivity index (χ3v) is 5.06. The Morgan fingerprint density at radius 1 is 1.00 bits per heavy atom. The zero-order valence-electron chi connectivity index (χ0n) is 14.0. The molecule has 0 aliphatic heterocycles. The highest BCUT2D eigenvalue weighted by molar-refractivity contribution is 7.10. The summed E-state index contributed by atoms with van der Waals surface area (Å²) in [6.45, 7) is 4.41. The van der Waals surface area contributed by atoms with Gasteiger partial charge in [-0.05, 0) is 51.1 Å². The molecule has 0 fully saturated rings. The number of fused-ring (bicyclic) bond motifs is 1. The van der Waals surface area contributed by atoms with Crippen LogP contribution in [0.4, 0.5) is 5.82 Å². The molecule has 4 aromatic rings. The molecule has 0 saturated heterocycles. The maximum atomic E-state index is 4.43. The molecule has 1 aromatic carbocycles. The van der Waals surface area contributed by atoms with Crippen LogP contribution in [0, 0.1) is 0 Å². The summed E-state index contributed by atoms with van der Waals surface area (Å²) in [6.07, 6.45) is 0. The molecule has 0 bridgehead atoms. The Morgan fingerprint density at radius 2 is 1.80 bits per heavy atom. The summed E-state index contributed by atoms with van der Waals surface area (Å²) in [4.78, 5) is 1.23. The predicted octanol–water partition coefficient (Wildman–Crippen LogP) is 3.91. The van der Waals surface area contributed by atoms with Crippen LogP contribution in [-0.2, 0) is 0 Å². The fourth-order valence-corrected chi connectivity index (χ4v) is 3.52. The fourth-order valence-electron chi connectivity index (χ4n) is 2.72. The van der Waals surface area contributed by atoms with Crippen LogP contribution in [0.25, 0.3) is 5.65 Å². The molecular weight excluding hydrogens is 332 g/mol. The maximum absolute atomic E-state index is 4.43. The van der Waals surface area contributed by atoms with Crippen molar-refractivity contribution in [1.82, 2.24) is 25.3 Å². The summed E-state index contributed by atoms with van der Waals surface area (Å²) in [6, 6.07) is 16.7. The number of rotatable bonds is 5. The number of tetrazole rings is 1. The van der Waals surface area contributed by atoms with Crippen molar-refractivity contribution >= 4 is 22.8 Å². The van der Waals surface area contributed by atoms with Crippen molar-refractivity contribution in [3.63, 3.8) is 0 Å². The molecule has 0 spiro atoms. The Labute approximate surface area is 149 Å². The van der Waals surface area contributed by atoms with Crippen LogP contribution in [0.5, 0.6) is 0 Å². The number of thiophene rings is 1. The first-order chi connectivity index (χ1) is 12.2. The first-order valence-electron chi connectivity index (χ1n) is 8.16. The number of nitrogens with one attached hydrogen (secondary N) is 1. The average Bonchev–Trinajstić information content (AvgIpc) is 3.31. The fraction of sp³-hybridized carbons (Fsp3) is 0.222. The lowest BCUT2D eigenvalue weighted by atomic mass is 9.98. The van der Waals surface area contributed by atoms with E-state index in [1.807, 2.05) is 12.1 Å². The first-order valence-corrected chi connectivity index (χ1v) is 9.04. The van der Waals surface area contributed by atoms with E-state index in [9.17, 15) is 0 Å². The second kappa shape index (κ2) is 6.60. The summed E-state index contributed by atoms with van der Waals surface area (Å²) in [5.41, 5.74) is 3.16. The third kappa shape index (κ3) is 3.23. The molecule has 25 heavy (non-hydrogen) atoms. The number of hydrogen-bond donors (Lipinski definition) is 1.